The van der Waals surface area contributed by atoms with E-state index in [0.717, 1.165) is 0 Å². The van der Waals surface area contributed by atoms with Gasteiger partial charge >= 0.3 is 11.6 Å². The second kappa shape index (κ2) is 6.51. The van der Waals surface area contributed by atoms with Crippen LogP contribution in [0.3, 0.4) is 0 Å². The van der Waals surface area contributed by atoms with Crippen molar-refractivity contribution in [3.63, 3.8) is 0 Å². The van der Waals surface area contributed by atoms with Crippen molar-refractivity contribution in [3.8, 4) is 0 Å². The summed E-state index contributed by atoms with van der Waals surface area (Å²) in [6.45, 7) is 3.24. The molecule has 0 saturated carbocycles. The highest BCUT2D eigenvalue weighted by Gasteiger charge is 2.16. The maximum absolute atomic E-state index is 11.8. The molecule has 0 saturated heterocycles. The molecule has 6 heteroatoms. The number of nitrogens with one attached hydrogen (secondary N) is 1. The van der Waals surface area contributed by atoms with Crippen LogP contribution >= 0.6 is 0 Å². The van der Waals surface area contributed by atoms with Crippen LogP contribution in [0.15, 0.2) is 52.2 Å². The van der Waals surface area contributed by atoms with E-state index in [4.69, 9.17) is 9.15 Å². The topological polar surface area (TPSA) is 85.6 Å². The van der Waals surface area contributed by atoms with Crippen LogP contribution in [0.2, 0.25) is 0 Å². The van der Waals surface area contributed by atoms with Crippen LogP contribution in [-0.2, 0) is 9.53 Å². The summed E-state index contributed by atoms with van der Waals surface area (Å²) in [6, 6.07) is 8.17. The molecule has 0 atom stereocenters. The lowest BCUT2D eigenvalue weighted by Gasteiger charge is -2.05. The number of hydrogen-bond donors (Lipinski definition) is 1. The number of hydrogen-bond acceptors (Lipinski definition) is 5. The number of amides is 1. The molecule has 0 bridgehead atoms. The average molecular weight is 287 g/mol. The minimum absolute atomic E-state index is 0.245. The third kappa shape index (κ3) is 3.56. The van der Waals surface area contributed by atoms with Gasteiger partial charge in [-0.1, -0.05) is 24.3 Å². The van der Waals surface area contributed by atoms with Gasteiger partial charge in [-0.2, -0.15) is 0 Å². The molecule has 0 radical (unpaired) electrons. The van der Waals surface area contributed by atoms with Gasteiger partial charge in [-0.15, -0.1) is 6.58 Å². The summed E-state index contributed by atoms with van der Waals surface area (Å²) in [5.74, 6) is -1.38. The van der Waals surface area contributed by atoms with E-state index in [0.29, 0.717) is 11.0 Å². The van der Waals surface area contributed by atoms with E-state index in [-0.39, 0.29) is 12.1 Å². The highest BCUT2D eigenvalue weighted by molar-refractivity contribution is 5.94. The number of rotatable bonds is 5. The second-order valence-corrected chi connectivity index (χ2v) is 4.15. The molecular weight excluding hydrogens is 274 g/mol. The van der Waals surface area contributed by atoms with Crippen LogP contribution in [-0.4, -0.2) is 25.0 Å². The number of carbonyl (C=O) groups excluding carboxylic acids is 2. The molecule has 0 fully saturated rings. The Kier molecular flexibility index (Phi) is 4.50. The molecule has 1 aromatic carbocycles. The first-order chi connectivity index (χ1) is 10.1. The Balaban J connectivity index is 2.12. The van der Waals surface area contributed by atoms with E-state index in [2.05, 4.69) is 11.9 Å². The molecule has 0 unspecified atom stereocenters. The van der Waals surface area contributed by atoms with Gasteiger partial charge in [0.1, 0.15) is 11.1 Å². The quantitative estimate of drug-likeness (QED) is 0.508. The molecule has 1 heterocycles. The van der Waals surface area contributed by atoms with Gasteiger partial charge in [-0.25, -0.2) is 9.59 Å². The molecule has 2 rings (SSSR count). The molecule has 0 aliphatic heterocycles. The van der Waals surface area contributed by atoms with Crippen LogP contribution < -0.4 is 10.9 Å². The van der Waals surface area contributed by atoms with Gasteiger partial charge in [0.15, 0.2) is 6.61 Å². The average Bonchev–Trinajstić information content (AvgIpc) is 2.49. The molecular formula is C15H13NO5. The fourth-order valence-corrected chi connectivity index (χ4v) is 1.65. The Hall–Kier alpha value is -2.89. The summed E-state index contributed by atoms with van der Waals surface area (Å²) >= 11 is 0. The van der Waals surface area contributed by atoms with Gasteiger partial charge in [0, 0.05) is 11.9 Å². The van der Waals surface area contributed by atoms with Crippen molar-refractivity contribution >= 4 is 22.8 Å². The lowest BCUT2D eigenvalue weighted by molar-refractivity contribution is -0.124. The summed E-state index contributed by atoms with van der Waals surface area (Å²) in [5, 5.41) is 3.04. The van der Waals surface area contributed by atoms with Gasteiger partial charge < -0.3 is 14.5 Å². The number of benzene rings is 1. The third-order valence-electron chi connectivity index (χ3n) is 2.64. The number of fused-ring (bicyclic) bond motifs is 1. The highest BCUT2D eigenvalue weighted by Crippen LogP contribution is 2.12. The lowest BCUT2D eigenvalue weighted by Crippen LogP contribution is -2.29. The molecule has 108 valence electrons. The molecule has 6 nitrogen and oxygen atoms in total. The number of ether oxygens (including phenoxy) is 1. The van der Waals surface area contributed by atoms with Crippen LogP contribution in [0, 0.1) is 0 Å². The van der Waals surface area contributed by atoms with Crippen molar-refractivity contribution in [2.45, 2.75) is 0 Å². The van der Waals surface area contributed by atoms with Crippen LogP contribution in [0.5, 0.6) is 0 Å². The largest absolute Gasteiger partial charge is 0.452 e. The third-order valence-corrected chi connectivity index (χ3v) is 2.64. The van der Waals surface area contributed by atoms with Crippen molar-refractivity contribution in [3.05, 3.63) is 59.0 Å². The van der Waals surface area contributed by atoms with Crippen molar-refractivity contribution in [2.75, 3.05) is 13.2 Å². The van der Waals surface area contributed by atoms with Crippen LogP contribution in [0.4, 0.5) is 0 Å². The van der Waals surface area contributed by atoms with E-state index in [9.17, 15) is 14.4 Å². The first-order valence-electron chi connectivity index (χ1n) is 6.19. The van der Waals surface area contributed by atoms with E-state index in [1.807, 2.05) is 0 Å². The normalized spacial score (nSPS) is 10.1. The fourth-order valence-electron chi connectivity index (χ4n) is 1.65. The molecule has 0 spiro atoms. The van der Waals surface area contributed by atoms with Gasteiger partial charge in [0.05, 0.1) is 0 Å². The summed E-state index contributed by atoms with van der Waals surface area (Å²) in [4.78, 5) is 34.8. The summed E-state index contributed by atoms with van der Waals surface area (Å²) < 4.78 is 9.79. The monoisotopic (exact) mass is 287 g/mol. The standard InChI is InChI=1S/C15H13NO5/c1-2-7-16-13(17)9-20-14(18)11-8-10-5-3-4-6-12(10)21-15(11)19/h2-6,8H,1,7,9H2,(H,16,17). The Morgan fingerprint density at radius 3 is 2.86 bits per heavy atom. The lowest BCUT2D eigenvalue weighted by atomic mass is 10.2. The zero-order chi connectivity index (χ0) is 15.2. The first kappa shape index (κ1) is 14.5. The van der Waals surface area contributed by atoms with Crippen molar-refractivity contribution in [1.82, 2.24) is 5.32 Å². The molecule has 0 aliphatic rings. The molecule has 0 aliphatic carbocycles. The van der Waals surface area contributed by atoms with E-state index in [1.165, 1.54) is 12.1 Å². The zero-order valence-corrected chi connectivity index (χ0v) is 11.1. The summed E-state index contributed by atoms with van der Waals surface area (Å²) in [5.41, 5.74) is -0.668. The van der Waals surface area contributed by atoms with Gasteiger partial charge in [-0.3, -0.25) is 4.79 Å². The second-order valence-electron chi connectivity index (χ2n) is 4.15. The maximum atomic E-state index is 11.8. The van der Waals surface area contributed by atoms with E-state index in [1.54, 1.807) is 24.3 Å². The minimum atomic E-state index is -0.900. The van der Waals surface area contributed by atoms with Crippen molar-refractivity contribution in [1.29, 1.82) is 0 Å². The van der Waals surface area contributed by atoms with Crippen molar-refractivity contribution in [2.24, 2.45) is 0 Å². The zero-order valence-electron chi connectivity index (χ0n) is 11.1. The highest BCUT2D eigenvalue weighted by atomic mass is 16.5. The molecule has 1 aromatic heterocycles. The van der Waals surface area contributed by atoms with E-state index >= 15 is 0 Å². The molecule has 1 N–H and O–H groups in total. The molecule has 2 aromatic rings. The van der Waals surface area contributed by atoms with Crippen LogP contribution in [0.25, 0.3) is 11.0 Å². The Bertz CT molecular complexity index is 747. The van der Waals surface area contributed by atoms with Gasteiger partial charge in [0.25, 0.3) is 5.91 Å². The predicted octanol–water partition coefficient (Wildman–Crippen LogP) is 1.25. The number of carbonyl (C=O) groups is 2. The summed E-state index contributed by atoms with van der Waals surface area (Å²) in [7, 11) is 0. The SMILES string of the molecule is C=CCNC(=O)COC(=O)c1cc2ccccc2oc1=O. The predicted molar refractivity (Wildman–Crippen MR) is 76.0 cm³/mol. The first-order valence-corrected chi connectivity index (χ1v) is 6.19. The van der Waals surface area contributed by atoms with E-state index < -0.39 is 24.1 Å². The Morgan fingerprint density at radius 2 is 2.10 bits per heavy atom. The Labute approximate surface area is 120 Å². The van der Waals surface area contributed by atoms with Gasteiger partial charge in [0.2, 0.25) is 0 Å². The molecule has 1 amide bonds. The summed E-state index contributed by atoms with van der Waals surface area (Å²) in [6.07, 6.45) is 1.50. The smallest absolute Gasteiger partial charge is 0.351 e. The fraction of sp³-hybridized carbons (Fsp3) is 0.133. The maximum Gasteiger partial charge on any atom is 0.351 e. The minimum Gasteiger partial charge on any atom is -0.452 e. The van der Waals surface area contributed by atoms with Crippen molar-refractivity contribution < 1.29 is 18.7 Å². The van der Waals surface area contributed by atoms with Crippen LogP contribution in [0.1, 0.15) is 10.4 Å². The Morgan fingerprint density at radius 1 is 1.33 bits per heavy atom. The molecule has 21 heavy (non-hydrogen) atoms. The number of para-hydroxylation sites is 1. The number of esters is 1. The van der Waals surface area contributed by atoms with Gasteiger partial charge in [-0.05, 0) is 12.1 Å².